The molecule has 0 aliphatic carbocycles. The van der Waals surface area contributed by atoms with E-state index in [-0.39, 0.29) is 5.95 Å². The summed E-state index contributed by atoms with van der Waals surface area (Å²) < 4.78 is 30.8. The van der Waals surface area contributed by atoms with E-state index in [2.05, 4.69) is 19.7 Å². The molecule has 146 valence electrons. The number of nitrogen functional groups attached to an aromatic ring is 1. The van der Waals surface area contributed by atoms with Crippen molar-refractivity contribution in [2.75, 3.05) is 47.9 Å². The normalized spacial score (nSPS) is 15.0. The van der Waals surface area contributed by atoms with Crippen molar-refractivity contribution in [3.8, 4) is 11.3 Å². The molecule has 0 radical (unpaired) electrons. The number of hydrogen-bond donors (Lipinski definition) is 2. The maximum atomic E-state index is 11.5. The number of rotatable bonds is 4. The molecular weight excluding hydrogens is 382 g/mol. The number of sulfonamides is 1. The van der Waals surface area contributed by atoms with Crippen LogP contribution in [0.5, 0.6) is 0 Å². The number of fused-ring (bicyclic) bond motifs is 1. The van der Waals surface area contributed by atoms with Crippen LogP contribution >= 0.6 is 0 Å². The molecule has 1 saturated heterocycles. The molecule has 0 atom stereocenters. The molecule has 0 amide bonds. The number of nitrogens with two attached hydrogens (primary N) is 1. The van der Waals surface area contributed by atoms with Crippen LogP contribution in [0.25, 0.3) is 22.4 Å². The topological polar surface area (TPSA) is 136 Å². The van der Waals surface area contributed by atoms with Crippen LogP contribution in [-0.2, 0) is 14.8 Å². The number of aromatic nitrogens is 4. The number of hydrogen-bond acceptors (Lipinski definition) is 9. The van der Waals surface area contributed by atoms with Crippen molar-refractivity contribution in [1.29, 1.82) is 0 Å². The van der Waals surface area contributed by atoms with E-state index < -0.39 is 10.0 Å². The summed E-state index contributed by atoms with van der Waals surface area (Å²) >= 11 is 0. The minimum Gasteiger partial charge on any atom is -0.378 e. The molecule has 1 fully saturated rings. The molecule has 0 bridgehead atoms. The van der Waals surface area contributed by atoms with Gasteiger partial charge in [0.2, 0.25) is 16.0 Å². The van der Waals surface area contributed by atoms with Crippen molar-refractivity contribution in [1.82, 2.24) is 19.9 Å². The van der Waals surface area contributed by atoms with E-state index in [0.717, 1.165) is 6.26 Å². The molecule has 28 heavy (non-hydrogen) atoms. The summed E-state index contributed by atoms with van der Waals surface area (Å²) in [5, 5.41) is 0. The summed E-state index contributed by atoms with van der Waals surface area (Å²) in [4.78, 5) is 19.7. The van der Waals surface area contributed by atoms with Crippen LogP contribution in [0.1, 0.15) is 0 Å². The molecule has 11 heteroatoms. The fourth-order valence-corrected chi connectivity index (χ4v) is 3.56. The zero-order chi connectivity index (χ0) is 19.7. The lowest BCUT2D eigenvalue weighted by molar-refractivity contribution is 0.122. The lowest BCUT2D eigenvalue weighted by Gasteiger charge is -2.28. The molecule has 10 nitrogen and oxygen atoms in total. The largest absolute Gasteiger partial charge is 0.378 e. The van der Waals surface area contributed by atoms with Crippen LogP contribution < -0.4 is 15.4 Å². The predicted octanol–water partition coefficient (Wildman–Crippen LogP) is 0.877. The van der Waals surface area contributed by atoms with Gasteiger partial charge in [0.1, 0.15) is 0 Å². The average Bonchev–Trinajstić information content (AvgIpc) is 2.66. The molecule has 1 aliphatic rings. The lowest BCUT2D eigenvalue weighted by Crippen LogP contribution is -2.37. The van der Waals surface area contributed by atoms with Crippen molar-refractivity contribution in [2.45, 2.75) is 0 Å². The van der Waals surface area contributed by atoms with Gasteiger partial charge in [0.15, 0.2) is 17.0 Å². The number of morpholine rings is 1. The first kappa shape index (κ1) is 18.3. The van der Waals surface area contributed by atoms with Gasteiger partial charge >= 0.3 is 0 Å². The second-order valence-electron chi connectivity index (χ2n) is 6.39. The average molecular weight is 401 g/mol. The van der Waals surface area contributed by atoms with E-state index >= 15 is 0 Å². The van der Waals surface area contributed by atoms with Gasteiger partial charge in [0.05, 0.1) is 31.4 Å². The van der Waals surface area contributed by atoms with Crippen LogP contribution in [0, 0.1) is 0 Å². The highest BCUT2D eigenvalue weighted by Gasteiger charge is 2.19. The molecular formula is C17H19N7O3S. The van der Waals surface area contributed by atoms with Crippen molar-refractivity contribution in [3.63, 3.8) is 0 Å². The first-order chi connectivity index (χ1) is 13.4. The molecule has 0 saturated carbocycles. The summed E-state index contributed by atoms with van der Waals surface area (Å²) in [5.41, 5.74) is 8.53. The van der Waals surface area contributed by atoms with Gasteiger partial charge in [-0.25, -0.2) is 18.4 Å². The standard InChI is InChI=1S/C17H19N7O3S/c1-28(25,26)23-12-4-2-3-11(9-12)13-10-19-15-14(20-13)16(22-17(18)21-15)24-5-7-27-8-6-24/h2-4,9-10,23H,5-8H2,1H3,(H2,18,19,21,22). The molecule has 4 rings (SSSR count). The fourth-order valence-electron chi connectivity index (χ4n) is 3.00. The van der Waals surface area contributed by atoms with Gasteiger partial charge in [0, 0.05) is 24.3 Å². The summed E-state index contributed by atoms with van der Waals surface area (Å²) in [7, 11) is -3.38. The molecule has 3 N–H and O–H groups in total. The van der Waals surface area contributed by atoms with Gasteiger partial charge in [-0.3, -0.25) is 4.72 Å². The number of anilines is 3. The SMILES string of the molecule is CS(=O)(=O)Nc1cccc(-c2cnc3nc(N)nc(N4CCOCC4)c3n2)c1. The van der Waals surface area contributed by atoms with Crippen molar-refractivity contribution >= 4 is 38.6 Å². The minimum absolute atomic E-state index is 0.135. The Morgan fingerprint density at radius 3 is 2.71 bits per heavy atom. The third-order valence-corrected chi connectivity index (χ3v) is 4.78. The fraction of sp³-hybridized carbons (Fsp3) is 0.294. The van der Waals surface area contributed by atoms with Crippen LogP contribution in [0.3, 0.4) is 0 Å². The highest BCUT2D eigenvalue weighted by Crippen LogP contribution is 2.27. The molecule has 1 aromatic carbocycles. The third kappa shape index (κ3) is 3.94. The Kier molecular flexibility index (Phi) is 4.69. The van der Waals surface area contributed by atoms with Crippen LogP contribution in [0.15, 0.2) is 30.5 Å². The van der Waals surface area contributed by atoms with Crippen molar-refractivity contribution < 1.29 is 13.2 Å². The van der Waals surface area contributed by atoms with Gasteiger partial charge in [-0.05, 0) is 12.1 Å². The molecule has 0 unspecified atom stereocenters. The second kappa shape index (κ2) is 7.17. The van der Waals surface area contributed by atoms with Crippen LogP contribution in [0.2, 0.25) is 0 Å². The highest BCUT2D eigenvalue weighted by molar-refractivity contribution is 7.92. The van der Waals surface area contributed by atoms with Gasteiger partial charge in [-0.1, -0.05) is 12.1 Å². The number of ether oxygens (including phenoxy) is 1. The molecule has 0 spiro atoms. The summed E-state index contributed by atoms with van der Waals surface area (Å²) in [5.74, 6) is 0.751. The Labute approximate surface area is 161 Å². The maximum Gasteiger partial charge on any atom is 0.229 e. The Hall–Kier alpha value is -3.05. The van der Waals surface area contributed by atoms with Gasteiger partial charge in [-0.15, -0.1) is 0 Å². The Balaban J connectivity index is 1.79. The van der Waals surface area contributed by atoms with E-state index in [9.17, 15) is 8.42 Å². The van der Waals surface area contributed by atoms with Gasteiger partial charge in [0.25, 0.3) is 0 Å². The van der Waals surface area contributed by atoms with Crippen LogP contribution in [-0.4, -0.2) is 60.9 Å². The number of nitrogens with zero attached hydrogens (tertiary/aromatic N) is 5. The quantitative estimate of drug-likeness (QED) is 0.652. The highest BCUT2D eigenvalue weighted by atomic mass is 32.2. The van der Waals surface area contributed by atoms with E-state index in [4.69, 9.17) is 15.5 Å². The summed E-state index contributed by atoms with van der Waals surface area (Å²) in [6.07, 6.45) is 2.68. The molecule has 1 aliphatic heterocycles. The summed E-state index contributed by atoms with van der Waals surface area (Å²) in [6.45, 7) is 2.53. The Morgan fingerprint density at radius 1 is 1.18 bits per heavy atom. The first-order valence-corrected chi connectivity index (χ1v) is 10.5. The number of benzene rings is 1. The Bertz CT molecular complexity index is 1130. The van der Waals surface area contributed by atoms with Crippen LogP contribution in [0.4, 0.5) is 17.5 Å². The smallest absolute Gasteiger partial charge is 0.229 e. The number of nitrogens with one attached hydrogen (secondary N) is 1. The lowest BCUT2D eigenvalue weighted by atomic mass is 10.1. The zero-order valence-electron chi connectivity index (χ0n) is 15.2. The van der Waals surface area contributed by atoms with Crippen molar-refractivity contribution in [3.05, 3.63) is 30.5 Å². The molecule has 2 aromatic heterocycles. The van der Waals surface area contributed by atoms with E-state index in [1.54, 1.807) is 24.4 Å². The zero-order valence-corrected chi connectivity index (χ0v) is 16.0. The van der Waals surface area contributed by atoms with E-state index in [0.29, 0.717) is 60.2 Å². The minimum atomic E-state index is -3.38. The van der Waals surface area contributed by atoms with Crippen molar-refractivity contribution in [2.24, 2.45) is 0 Å². The maximum absolute atomic E-state index is 11.5. The first-order valence-electron chi connectivity index (χ1n) is 8.60. The Morgan fingerprint density at radius 2 is 1.96 bits per heavy atom. The second-order valence-corrected chi connectivity index (χ2v) is 8.14. The third-order valence-electron chi connectivity index (χ3n) is 4.18. The summed E-state index contributed by atoms with van der Waals surface area (Å²) in [6, 6.07) is 6.94. The predicted molar refractivity (Wildman–Crippen MR) is 106 cm³/mol. The molecule has 3 heterocycles. The van der Waals surface area contributed by atoms with E-state index in [1.807, 2.05) is 11.0 Å². The van der Waals surface area contributed by atoms with Gasteiger partial charge in [-0.2, -0.15) is 9.97 Å². The van der Waals surface area contributed by atoms with E-state index in [1.165, 1.54) is 0 Å². The monoisotopic (exact) mass is 401 g/mol. The molecule has 3 aromatic rings. The van der Waals surface area contributed by atoms with Gasteiger partial charge < -0.3 is 15.4 Å².